The Labute approximate surface area is 94.7 Å². The fourth-order valence-electron chi connectivity index (χ4n) is 1.85. The van der Waals surface area contributed by atoms with Gasteiger partial charge in [0, 0.05) is 13.1 Å². The van der Waals surface area contributed by atoms with Gasteiger partial charge in [-0.1, -0.05) is 12.1 Å². The largest absolute Gasteiger partial charge is 0.497 e. The van der Waals surface area contributed by atoms with Crippen LogP contribution >= 0.6 is 0 Å². The quantitative estimate of drug-likeness (QED) is 0.820. The van der Waals surface area contributed by atoms with Gasteiger partial charge >= 0.3 is 0 Å². The zero-order chi connectivity index (χ0) is 11.5. The van der Waals surface area contributed by atoms with Gasteiger partial charge in [0.2, 0.25) is 0 Å². The number of hydrogen-bond acceptors (Lipinski definition) is 4. The average molecular weight is 218 g/mol. The van der Waals surface area contributed by atoms with Crippen molar-refractivity contribution in [1.82, 2.24) is 4.90 Å². The number of ether oxygens (including phenoxy) is 1. The number of β-amino-alcohol motifs (C(OH)–C–C–N with tert-alkyl or cyclic N) is 1. The second kappa shape index (κ2) is 4.52. The first-order chi connectivity index (χ1) is 7.74. The third kappa shape index (κ3) is 2.01. The van der Waals surface area contributed by atoms with Crippen LogP contribution in [0.3, 0.4) is 0 Å². The van der Waals surface area contributed by atoms with Crippen molar-refractivity contribution in [3.8, 4) is 11.8 Å². The topological polar surface area (TPSA) is 56.5 Å². The van der Waals surface area contributed by atoms with Crippen molar-refractivity contribution in [1.29, 1.82) is 5.26 Å². The Hall–Kier alpha value is -1.57. The number of likely N-dealkylation sites (tertiary alicyclic amines) is 1. The zero-order valence-corrected chi connectivity index (χ0v) is 9.13. The molecular formula is C12H14N2O2. The van der Waals surface area contributed by atoms with Gasteiger partial charge in [-0.3, -0.25) is 4.90 Å². The number of rotatable bonds is 3. The number of aliphatic hydroxyl groups is 1. The molecule has 1 aromatic carbocycles. The van der Waals surface area contributed by atoms with Gasteiger partial charge in [0.05, 0.1) is 19.3 Å². The lowest BCUT2D eigenvalue weighted by atomic mass is 10.0. The maximum atomic E-state index is 9.22. The lowest BCUT2D eigenvalue weighted by Gasteiger charge is -2.38. The van der Waals surface area contributed by atoms with Crippen LogP contribution in [-0.4, -0.2) is 36.3 Å². The van der Waals surface area contributed by atoms with Crippen molar-refractivity contribution in [2.75, 3.05) is 20.2 Å². The minimum atomic E-state index is -0.283. The Morgan fingerprint density at radius 1 is 1.44 bits per heavy atom. The zero-order valence-electron chi connectivity index (χ0n) is 9.13. The Balaban J connectivity index is 2.11. The molecule has 0 radical (unpaired) electrons. The van der Waals surface area contributed by atoms with E-state index in [-0.39, 0.29) is 12.1 Å². The Bertz CT molecular complexity index is 390. The van der Waals surface area contributed by atoms with Crippen molar-refractivity contribution in [2.45, 2.75) is 12.1 Å². The molecule has 1 unspecified atom stereocenters. The second-order valence-electron chi connectivity index (χ2n) is 3.91. The minimum absolute atomic E-state index is 0.269. The van der Waals surface area contributed by atoms with E-state index in [9.17, 15) is 5.11 Å². The summed E-state index contributed by atoms with van der Waals surface area (Å²) in [6.45, 7) is 1.15. The maximum Gasteiger partial charge on any atom is 0.124 e. The number of benzene rings is 1. The fourth-order valence-corrected chi connectivity index (χ4v) is 1.85. The van der Waals surface area contributed by atoms with Crippen LogP contribution in [0.25, 0.3) is 0 Å². The molecule has 1 atom stereocenters. The molecule has 0 aromatic heterocycles. The molecule has 1 aliphatic rings. The summed E-state index contributed by atoms with van der Waals surface area (Å²) in [6.07, 6.45) is -0.283. The lowest BCUT2D eigenvalue weighted by molar-refractivity contribution is -0.0127. The van der Waals surface area contributed by atoms with Gasteiger partial charge in [0.1, 0.15) is 11.8 Å². The summed E-state index contributed by atoms with van der Waals surface area (Å²) in [5, 5.41) is 18.3. The third-order valence-electron chi connectivity index (χ3n) is 2.81. The highest BCUT2D eigenvalue weighted by atomic mass is 16.5. The maximum absolute atomic E-state index is 9.22. The van der Waals surface area contributed by atoms with E-state index in [0.29, 0.717) is 13.1 Å². The standard InChI is InChI=1S/C12H14N2O2/c1-16-11-4-2-9(3-5-11)12(6-13)14-7-10(15)8-14/h2-5,10,12,15H,7-8H2,1H3. The number of hydrogen-bond donors (Lipinski definition) is 1. The first-order valence-electron chi connectivity index (χ1n) is 5.20. The predicted molar refractivity (Wildman–Crippen MR) is 58.9 cm³/mol. The normalized spacial score (nSPS) is 18.6. The van der Waals surface area contributed by atoms with Crippen LogP contribution in [0, 0.1) is 11.3 Å². The molecule has 1 N–H and O–H groups in total. The smallest absolute Gasteiger partial charge is 0.124 e. The van der Waals surface area contributed by atoms with Gasteiger partial charge in [-0.05, 0) is 17.7 Å². The lowest BCUT2D eigenvalue weighted by Crippen LogP contribution is -2.51. The van der Waals surface area contributed by atoms with Gasteiger partial charge in [-0.25, -0.2) is 0 Å². The van der Waals surface area contributed by atoms with Crippen LogP contribution in [0.2, 0.25) is 0 Å². The van der Waals surface area contributed by atoms with Crippen LogP contribution < -0.4 is 4.74 Å². The first-order valence-corrected chi connectivity index (χ1v) is 5.20. The van der Waals surface area contributed by atoms with Gasteiger partial charge in [0.25, 0.3) is 0 Å². The monoisotopic (exact) mass is 218 g/mol. The Morgan fingerprint density at radius 2 is 2.06 bits per heavy atom. The van der Waals surface area contributed by atoms with Gasteiger partial charge in [-0.15, -0.1) is 0 Å². The molecule has 1 aromatic rings. The molecule has 4 nitrogen and oxygen atoms in total. The molecular weight excluding hydrogens is 204 g/mol. The summed E-state index contributed by atoms with van der Waals surface area (Å²) in [7, 11) is 1.61. The number of aliphatic hydroxyl groups excluding tert-OH is 1. The molecule has 1 fully saturated rings. The van der Waals surface area contributed by atoms with Crippen molar-refractivity contribution in [3.63, 3.8) is 0 Å². The average Bonchev–Trinajstić information content (AvgIpc) is 2.28. The second-order valence-corrected chi connectivity index (χ2v) is 3.91. The van der Waals surface area contributed by atoms with E-state index < -0.39 is 0 Å². The van der Waals surface area contributed by atoms with E-state index in [2.05, 4.69) is 6.07 Å². The summed E-state index contributed by atoms with van der Waals surface area (Å²) < 4.78 is 5.06. The summed E-state index contributed by atoms with van der Waals surface area (Å²) in [5.41, 5.74) is 0.940. The molecule has 16 heavy (non-hydrogen) atoms. The van der Waals surface area contributed by atoms with E-state index >= 15 is 0 Å². The predicted octanol–water partition coefficient (Wildman–Crippen LogP) is 0.936. The van der Waals surface area contributed by atoms with Crippen molar-refractivity contribution in [2.24, 2.45) is 0 Å². The van der Waals surface area contributed by atoms with Crippen molar-refractivity contribution in [3.05, 3.63) is 29.8 Å². The van der Waals surface area contributed by atoms with E-state index in [4.69, 9.17) is 10.00 Å². The highest BCUT2D eigenvalue weighted by Crippen LogP contribution is 2.26. The van der Waals surface area contributed by atoms with Crippen LogP contribution in [0.1, 0.15) is 11.6 Å². The van der Waals surface area contributed by atoms with E-state index in [1.54, 1.807) is 7.11 Å². The van der Waals surface area contributed by atoms with Crippen molar-refractivity contribution >= 4 is 0 Å². The summed E-state index contributed by atoms with van der Waals surface area (Å²) in [6, 6.07) is 9.44. The molecule has 84 valence electrons. The molecule has 0 bridgehead atoms. The molecule has 2 rings (SSSR count). The number of nitrogens with zero attached hydrogens (tertiary/aromatic N) is 2. The SMILES string of the molecule is COc1ccc(C(C#N)N2CC(O)C2)cc1. The number of nitriles is 1. The molecule has 1 heterocycles. The summed E-state index contributed by atoms with van der Waals surface area (Å²) in [4.78, 5) is 1.95. The van der Waals surface area contributed by atoms with E-state index in [0.717, 1.165) is 11.3 Å². The van der Waals surface area contributed by atoms with Gasteiger partial charge < -0.3 is 9.84 Å². The molecule has 4 heteroatoms. The molecule has 1 saturated heterocycles. The highest BCUT2D eigenvalue weighted by molar-refractivity contribution is 5.32. The summed E-state index contributed by atoms with van der Waals surface area (Å²) in [5.74, 6) is 0.782. The third-order valence-corrected chi connectivity index (χ3v) is 2.81. The molecule has 0 aliphatic carbocycles. The van der Waals surface area contributed by atoms with Gasteiger partial charge in [0.15, 0.2) is 0 Å². The van der Waals surface area contributed by atoms with Gasteiger partial charge in [-0.2, -0.15) is 5.26 Å². The highest BCUT2D eigenvalue weighted by Gasteiger charge is 2.31. The Kier molecular flexibility index (Phi) is 3.09. The molecule has 0 spiro atoms. The van der Waals surface area contributed by atoms with Crippen LogP contribution in [-0.2, 0) is 0 Å². The first kappa shape index (κ1) is 10.9. The Morgan fingerprint density at radius 3 is 2.50 bits per heavy atom. The number of methoxy groups -OCH3 is 1. The van der Waals surface area contributed by atoms with E-state index in [1.807, 2.05) is 29.2 Å². The van der Waals surface area contributed by atoms with E-state index in [1.165, 1.54) is 0 Å². The fraction of sp³-hybridized carbons (Fsp3) is 0.417. The molecule has 0 amide bonds. The van der Waals surface area contributed by atoms with Crippen LogP contribution in [0.4, 0.5) is 0 Å². The van der Waals surface area contributed by atoms with Crippen LogP contribution in [0.5, 0.6) is 5.75 Å². The van der Waals surface area contributed by atoms with Crippen LogP contribution in [0.15, 0.2) is 24.3 Å². The van der Waals surface area contributed by atoms with Crippen molar-refractivity contribution < 1.29 is 9.84 Å². The molecule has 1 aliphatic heterocycles. The summed E-state index contributed by atoms with van der Waals surface area (Å²) >= 11 is 0. The minimum Gasteiger partial charge on any atom is -0.497 e. The molecule has 0 saturated carbocycles.